The number of rotatable bonds is 8. The van der Waals surface area contributed by atoms with Gasteiger partial charge in [-0.2, -0.15) is 4.72 Å². The predicted molar refractivity (Wildman–Crippen MR) is 107 cm³/mol. The summed E-state index contributed by atoms with van der Waals surface area (Å²) in [7, 11) is -3.96. The molecule has 10 heteroatoms. The van der Waals surface area contributed by atoms with Crippen LogP contribution in [0.1, 0.15) is 12.5 Å². The number of anilines is 2. The third-order valence-corrected chi connectivity index (χ3v) is 4.97. The number of carbonyl (C=O) groups is 3. The minimum Gasteiger partial charge on any atom is -0.455 e. The van der Waals surface area contributed by atoms with E-state index < -0.39 is 35.1 Å². The van der Waals surface area contributed by atoms with Gasteiger partial charge in [0, 0.05) is 18.3 Å². The molecule has 0 aliphatic carbocycles. The number of benzene rings is 2. The molecule has 0 bridgehead atoms. The number of hydrogen-bond acceptors (Lipinski definition) is 6. The van der Waals surface area contributed by atoms with Crippen LogP contribution in [0.25, 0.3) is 0 Å². The summed E-state index contributed by atoms with van der Waals surface area (Å²) in [5.74, 6) is -1.73. The van der Waals surface area contributed by atoms with Crippen LogP contribution in [-0.2, 0) is 29.1 Å². The molecule has 0 aliphatic rings. The lowest BCUT2D eigenvalue weighted by molar-refractivity contribution is -0.146. The maximum atomic E-state index is 12.2. The van der Waals surface area contributed by atoms with Crippen LogP contribution < -0.4 is 15.4 Å². The van der Waals surface area contributed by atoms with Crippen LogP contribution in [0.15, 0.2) is 53.4 Å². The largest absolute Gasteiger partial charge is 0.455 e. The Labute approximate surface area is 168 Å². The fourth-order valence-electron chi connectivity index (χ4n) is 2.27. The molecule has 0 spiro atoms. The number of hydrogen-bond donors (Lipinski definition) is 3. The number of carbonyl (C=O) groups excluding carboxylic acids is 3. The van der Waals surface area contributed by atoms with Crippen molar-refractivity contribution in [1.82, 2.24) is 4.72 Å². The van der Waals surface area contributed by atoms with E-state index in [9.17, 15) is 22.8 Å². The standard InChI is InChI=1S/C19H21N3O6S/c1-13-4-3-5-16(10-13)22-18(24)12-28-19(25)11-20-29(26,27)17-8-6-15(7-9-17)21-14(2)23/h3-10,20H,11-12H2,1-2H3,(H,21,23)(H,22,24). The van der Waals surface area contributed by atoms with E-state index in [1.165, 1.54) is 31.2 Å². The Morgan fingerprint density at radius 2 is 1.66 bits per heavy atom. The van der Waals surface area contributed by atoms with Crippen molar-refractivity contribution in [2.75, 3.05) is 23.8 Å². The van der Waals surface area contributed by atoms with Crippen molar-refractivity contribution in [3.05, 3.63) is 54.1 Å². The summed E-state index contributed by atoms with van der Waals surface area (Å²) in [6.45, 7) is 2.03. The van der Waals surface area contributed by atoms with Gasteiger partial charge in [-0.15, -0.1) is 0 Å². The molecule has 0 aromatic heterocycles. The maximum absolute atomic E-state index is 12.2. The number of esters is 1. The Hall–Kier alpha value is -3.24. The molecule has 0 atom stereocenters. The number of sulfonamides is 1. The molecule has 2 aromatic rings. The van der Waals surface area contributed by atoms with Gasteiger partial charge in [0.1, 0.15) is 6.54 Å². The van der Waals surface area contributed by atoms with E-state index in [-0.39, 0.29) is 10.8 Å². The first kappa shape index (κ1) is 22.1. The van der Waals surface area contributed by atoms with Gasteiger partial charge in [-0.05, 0) is 48.9 Å². The first-order chi connectivity index (χ1) is 13.7. The third kappa shape index (κ3) is 7.35. The third-order valence-electron chi connectivity index (χ3n) is 3.56. The van der Waals surface area contributed by atoms with Gasteiger partial charge in [0.2, 0.25) is 15.9 Å². The van der Waals surface area contributed by atoms with Crippen molar-refractivity contribution in [1.29, 1.82) is 0 Å². The summed E-state index contributed by atoms with van der Waals surface area (Å²) >= 11 is 0. The smallest absolute Gasteiger partial charge is 0.321 e. The molecule has 0 saturated heterocycles. The van der Waals surface area contributed by atoms with Gasteiger partial charge in [0.15, 0.2) is 6.61 Å². The molecule has 0 unspecified atom stereocenters. The normalized spacial score (nSPS) is 10.8. The molecule has 0 aliphatic heterocycles. The topological polar surface area (TPSA) is 131 Å². The lowest BCUT2D eigenvalue weighted by atomic mass is 10.2. The van der Waals surface area contributed by atoms with E-state index >= 15 is 0 Å². The van der Waals surface area contributed by atoms with Crippen molar-refractivity contribution >= 4 is 39.2 Å². The highest BCUT2D eigenvalue weighted by molar-refractivity contribution is 7.89. The number of amides is 2. The predicted octanol–water partition coefficient (Wildman–Crippen LogP) is 1.41. The Kier molecular flexibility index (Phi) is 7.46. The molecule has 2 aromatic carbocycles. The summed E-state index contributed by atoms with van der Waals surface area (Å²) in [5.41, 5.74) is 1.96. The molecule has 2 amide bonds. The van der Waals surface area contributed by atoms with Gasteiger partial charge in [-0.1, -0.05) is 12.1 Å². The molecular formula is C19H21N3O6S. The highest BCUT2D eigenvalue weighted by Crippen LogP contribution is 2.14. The van der Waals surface area contributed by atoms with E-state index in [2.05, 4.69) is 15.4 Å². The van der Waals surface area contributed by atoms with Crippen molar-refractivity contribution < 1.29 is 27.5 Å². The summed E-state index contributed by atoms with van der Waals surface area (Å²) < 4.78 is 31.3. The summed E-state index contributed by atoms with van der Waals surface area (Å²) in [6, 6.07) is 12.5. The van der Waals surface area contributed by atoms with E-state index in [0.29, 0.717) is 11.4 Å². The first-order valence-electron chi connectivity index (χ1n) is 8.55. The minimum atomic E-state index is -3.96. The fraction of sp³-hybridized carbons (Fsp3) is 0.211. The van der Waals surface area contributed by atoms with Crippen molar-refractivity contribution in [3.63, 3.8) is 0 Å². The van der Waals surface area contributed by atoms with Crippen LogP contribution >= 0.6 is 0 Å². The molecule has 0 fully saturated rings. The second-order valence-corrected chi connectivity index (χ2v) is 7.88. The van der Waals surface area contributed by atoms with Crippen LogP contribution in [0.5, 0.6) is 0 Å². The zero-order valence-electron chi connectivity index (χ0n) is 15.9. The SMILES string of the molecule is CC(=O)Nc1ccc(S(=O)(=O)NCC(=O)OCC(=O)Nc2cccc(C)c2)cc1. The maximum Gasteiger partial charge on any atom is 0.321 e. The minimum absolute atomic E-state index is 0.0865. The highest BCUT2D eigenvalue weighted by atomic mass is 32.2. The van der Waals surface area contributed by atoms with Crippen molar-refractivity contribution in [2.24, 2.45) is 0 Å². The number of aryl methyl sites for hydroxylation is 1. The molecular weight excluding hydrogens is 398 g/mol. The van der Waals surface area contributed by atoms with Gasteiger partial charge in [0.05, 0.1) is 4.90 Å². The van der Waals surface area contributed by atoms with Crippen LogP contribution in [0.3, 0.4) is 0 Å². The average Bonchev–Trinajstić information content (AvgIpc) is 2.65. The Morgan fingerprint density at radius 3 is 2.28 bits per heavy atom. The van der Waals surface area contributed by atoms with E-state index in [1.807, 2.05) is 13.0 Å². The molecule has 0 radical (unpaired) electrons. The van der Waals surface area contributed by atoms with E-state index in [4.69, 9.17) is 4.74 Å². The average molecular weight is 419 g/mol. The van der Waals surface area contributed by atoms with Crippen LogP contribution in [0.2, 0.25) is 0 Å². The highest BCUT2D eigenvalue weighted by Gasteiger charge is 2.17. The Morgan fingerprint density at radius 1 is 0.966 bits per heavy atom. The van der Waals surface area contributed by atoms with Crippen LogP contribution in [0.4, 0.5) is 11.4 Å². The van der Waals surface area contributed by atoms with Crippen LogP contribution in [-0.4, -0.2) is 39.4 Å². The monoisotopic (exact) mass is 419 g/mol. The molecule has 0 heterocycles. The number of nitrogens with one attached hydrogen (secondary N) is 3. The van der Waals surface area contributed by atoms with E-state index in [1.54, 1.807) is 18.2 Å². The Bertz CT molecular complexity index is 1000. The lowest BCUT2D eigenvalue weighted by Gasteiger charge is -2.09. The molecule has 154 valence electrons. The summed E-state index contributed by atoms with van der Waals surface area (Å²) in [4.78, 5) is 34.4. The molecule has 0 saturated carbocycles. The van der Waals surface area contributed by atoms with Gasteiger partial charge < -0.3 is 15.4 Å². The lowest BCUT2D eigenvalue weighted by Crippen LogP contribution is -2.32. The Balaban J connectivity index is 1.81. The van der Waals surface area contributed by atoms with Gasteiger partial charge in [-0.3, -0.25) is 14.4 Å². The van der Waals surface area contributed by atoms with Crippen LogP contribution in [0, 0.1) is 6.92 Å². The van der Waals surface area contributed by atoms with Gasteiger partial charge in [0.25, 0.3) is 5.91 Å². The molecule has 9 nitrogen and oxygen atoms in total. The first-order valence-corrected chi connectivity index (χ1v) is 10.0. The van der Waals surface area contributed by atoms with Crippen molar-refractivity contribution in [3.8, 4) is 0 Å². The molecule has 3 N–H and O–H groups in total. The summed E-state index contributed by atoms with van der Waals surface area (Å²) in [6.07, 6.45) is 0. The number of ether oxygens (including phenoxy) is 1. The second kappa shape index (κ2) is 9.80. The zero-order valence-corrected chi connectivity index (χ0v) is 16.7. The second-order valence-electron chi connectivity index (χ2n) is 6.11. The van der Waals surface area contributed by atoms with E-state index in [0.717, 1.165) is 5.56 Å². The quantitative estimate of drug-likeness (QED) is 0.555. The summed E-state index contributed by atoms with van der Waals surface area (Å²) in [5, 5.41) is 5.09. The van der Waals surface area contributed by atoms with Gasteiger partial charge in [-0.25, -0.2) is 8.42 Å². The zero-order chi connectivity index (χ0) is 21.4. The van der Waals surface area contributed by atoms with Gasteiger partial charge >= 0.3 is 5.97 Å². The molecule has 29 heavy (non-hydrogen) atoms. The molecule has 2 rings (SSSR count). The fourth-order valence-corrected chi connectivity index (χ4v) is 3.24. The van der Waals surface area contributed by atoms with Crippen molar-refractivity contribution in [2.45, 2.75) is 18.7 Å².